The highest BCUT2D eigenvalue weighted by molar-refractivity contribution is 7.21. The van der Waals surface area contributed by atoms with Crippen molar-refractivity contribution in [2.24, 2.45) is 5.92 Å². The van der Waals surface area contributed by atoms with Crippen LogP contribution in [0.25, 0.3) is 31.8 Å². The summed E-state index contributed by atoms with van der Waals surface area (Å²) in [5.41, 5.74) is 2.70. The molecule has 0 spiro atoms. The van der Waals surface area contributed by atoms with E-state index in [1.54, 1.807) is 20.0 Å². The summed E-state index contributed by atoms with van der Waals surface area (Å²) in [7, 11) is 0. The van der Waals surface area contributed by atoms with Crippen LogP contribution in [-0.2, 0) is 0 Å². The summed E-state index contributed by atoms with van der Waals surface area (Å²) in [4.78, 5) is 18.9. The van der Waals surface area contributed by atoms with E-state index in [-0.39, 0.29) is 6.04 Å². The van der Waals surface area contributed by atoms with Crippen molar-refractivity contribution in [2.45, 2.75) is 70.9 Å². The van der Waals surface area contributed by atoms with E-state index in [2.05, 4.69) is 15.6 Å². The summed E-state index contributed by atoms with van der Waals surface area (Å²) in [6.07, 6.45) is -0.0557. The third kappa shape index (κ3) is 5.14. The molecule has 4 aromatic heterocycles. The smallest absolute Gasteiger partial charge is 0.225 e. The first kappa shape index (κ1) is 27.5. The number of aliphatic hydroxyl groups excluding tert-OH is 2. The second-order valence-electron chi connectivity index (χ2n) is 11.4. The summed E-state index contributed by atoms with van der Waals surface area (Å²) in [6, 6.07) is 11.0. The Labute approximate surface area is 241 Å². The third-order valence-electron chi connectivity index (χ3n) is 7.92. The van der Waals surface area contributed by atoms with Crippen molar-refractivity contribution >= 4 is 44.3 Å². The zero-order chi connectivity index (χ0) is 29.1. The van der Waals surface area contributed by atoms with Crippen molar-refractivity contribution < 1.29 is 19.7 Å². The van der Waals surface area contributed by atoms with Gasteiger partial charge in [0.15, 0.2) is 0 Å². The van der Waals surface area contributed by atoms with Gasteiger partial charge in [-0.3, -0.25) is 4.98 Å². The molecule has 0 aliphatic heterocycles. The molecule has 6 rings (SSSR count). The van der Waals surface area contributed by atoms with E-state index < -0.39 is 29.8 Å². The molecule has 5 N–H and O–H groups in total. The number of hydrogen-bond acceptors (Lipinski definition) is 11. The highest BCUT2D eigenvalue weighted by Gasteiger charge is 2.48. The average Bonchev–Trinajstić information content (AvgIpc) is 3.61. The summed E-state index contributed by atoms with van der Waals surface area (Å²) in [5, 5.41) is 40.8. The van der Waals surface area contributed by atoms with Crippen LogP contribution in [0.4, 0.5) is 11.8 Å². The Morgan fingerprint density at radius 1 is 1.05 bits per heavy atom. The van der Waals surface area contributed by atoms with E-state index in [4.69, 9.17) is 19.4 Å². The van der Waals surface area contributed by atoms with Crippen molar-refractivity contribution in [2.75, 3.05) is 10.6 Å². The molecule has 4 heterocycles. The van der Waals surface area contributed by atoms with Gasteiger partial charge in [-0.05, 0) is 59.2 Å². The lowest BCUT2D eigenvalue weighted by atomic mass is 9.88. The van der Waals surface area contributed by atoms with Crippen molar-refractivity contribution in [3.05, 3.63) is 59.7 Å². The van der Waals surface area contributed by atoms with Gasteiger partial charge in [-0.2, -0.15) is 4.98 Å². The Balaban J connectivity index is 1.39. The standard InChI is InChI=1S/C30H34N6O4S/c1-14(21-12-17-8-6-7-9-20(17)40-21)32-29-33-15(2)23(28-35-24-16(3)31-11-10-22(24)41-28)27(36-29)34-19-13-18(30(4,5)39)25(37)26(19)38/h6-12,14,18-19,25-26,37-39H,13H2,1-5H3,(H2,32,33,34,36)/t14-,18+,19-,25-,26+/m1/s1. The van der Waals surface area contributed by atoms with Crippen molar-refractivity contribution in [1.82, 2.24) is 19.9 Å². The molecule has 11 heteroatoms. The number of aliphatic hydroxyl groups is 3. The number of hydrogen-bond donors (Lipinski definition) is 5. The molecule has 1 saturated carbocycles. The summed E-state index contributed by atoms with van der Waals surface area (Å²) < 4.78 is 7.04. The molecule has 0 unspecified atom stereocenters. The summed E-state index contributed by atoms with van der Waals surface area (Å²) in [5.74, 6) is 1.10. The molecule has 41 heavy (non-hydrogen) atoms. The van der Waals surface area contributed by atoms with Crippen LogP contribution in [0.2, 0.25) is 0 Å². The van der Waals surface area contributed by atoms with Crippen LogP contribution in [0.15, 0.2) is 47.0 Å². The molecule has 0 saturated heterocycles. The first-order chi connectivity index (χ1) is 19.5. The monoisotopic (exact) mass is 574 g/mol. The number of furan rings is 1. The van der Waals surface area contributed by atoms with Crippen LogP contribution in [0, 0.1) is 19.8 Å². The van der Waals surface area contributed by atoms with Gasteiger partial charge >= 0.3 is 0 Å². The van der Waals surface area contributed by atoms with E-state index in [0.717, 1.165) is 37.6 Å². The molecule has 1 aromatic carbocycles. The van der Waals surface area contributed by atoms with E-state index in [1.165, 1.54) is 11.3 Å². The number of anilines is 2. The second kappa shape index (κ2) is 10.3. The van der Waals surface area contributed by atoms with Gasteiger partial charge < -0.3 is 30.4 Å². The highest BCUT2D eigenvalue weighted by atomic mass is 32.1. The number of benzene rings is 1. The minimum Gasteiger partial charge on any atom is -0.459 e. The minimum atomic E-state index is -1.16. The van der Waals surface area contributed by atoms with Crippen molar-refractivity contribution in [1.29, 1.82) is 0 Å². The molecule has 214 valence electrons. The first-order valence-electron chi connectivity index (χ1n) is 13.7. The number of fused-ring (bicyclic) bond motifs is 2. The molecule has 5 atom stereocenters. The maximum Gasteiger partial charge on any atom is 0.225 e. The Hall–Kier alpha value is -3.64. The number of aromatic nitrogens is 4. The largest absolute Gasteiger partial charge is 0.459 e. The number of aryl methyl sites for hydroxylation is 2. The predicted octanol–water partition coefficient (Wildman–Crippen LogP) is 4.98. The van der Waals surface area contributed by atoms with Crippen molar-refractivity contribution in [3.8, 4) is 10.6 Å². The minimum absolute atomic E-state index is 0.227. The normalized spacial score (nSPS) is 22.0. The maximum atomic E-state index is 11.0. The number of pyridine rings is 1. The molecular weight excluding hydrogens is 540 g/mol. The molecule has 1 fully saturated rings. The van der Waals surface area contributed by atoms with Gasteiger partial charge in [0.05, 0.1) is 45.4 Å². The Kier molecular flexibility index (Phi) is 6.93. The molecule has 0 amide bonds. The SMILES string of the molecule is Cc1nc(N[C@H](C)c2cc3ccccc3o2)nc(N[C@@H]2C[C@H](C(C)(C)O)[C@@H](O)[C@H]2O)c1-c1nc2c(C)nccc2s1. The van der Waals surface area contributed by atoms with E-state index in [1.807, 2.05) is 57.2 Å². The molecule has 0 radical (unpaired) electrons. The highest BCUT2D eigenvalue weighted by Crippen LogP contribution is 2.40. The van der Waals surface area contributed by atoms with E-state index >= 15 is 0 Å². The molecule has 10 nitrogen and oxygen atoms in total. The third-order valence-corrected chi connectivity index (χ3v) is 8.96. The lowest BCUT2D eigenvalue weighted by Crippen LogP contribution is -2.40. The van der Waals surface area contributed by atoms with Crippen LogP contribution < -0.4 is 10.6 Å². The van der Waals surface area contributed by atoms with Gasteiger partial charge in [-0.25, -0.2) is 9.97 Å². The number of nitrogens with zero attached hydrogens (tertiary/aromatic N) is 4. The van der Waals surface area contributed by atoms with Crippen LogP contribution in [0.5, 0.6) is 0 Å². The Morgan fingerprint density at radius 2 is 1.83 bits per heavy atom. The molecule has 0 bridgehead atoms. The zero-order valence-electron chi connectivity index (χ0n) is 23.6. The van der Waals surface area contributed by atoms with Crippen molar-refractivity contribution in [3.63, 3.8) is 0 Å². The average molecular weight is 575 g/mol. The van der Waals surface area contributed by atoms with Crippen LogP contribution >= 0.6 is 11.3 Å². The summed E-state index contributed by atoms with van der Waals surface area (Å²) in [6.45, 7) is 9.10. The lowest BCUT2D eigenvalue weighted by Gasteiger charge is -2.28. The summed E-state index contributed by atoms with van der Waals surface area (Å²) >= 11 is 1.52. The molecule has 1 aliphatic carbocycles. The fraction of sp³-hybridized carbons (Fsp3) is 0.400. The van der Waals surface area contributed by atoms with E-state index in [9.17, 15) is 15.3 Å². The maximum absolute atomic E-state index is 11.0. The molecule has 1 aliphatic rings. The fourth-order valence-corrected chi connectivity index (χ4v) is 6.73. The van der Waals surface area contributed by atoms with E-state index in [0.29, 0.717) is 29.4 Å². The quantitative estimate of drug-likeness (QED) is 0.180. The van der Waals surface area contributed by atoms with Gasteiger partial charge in [-0.1, -0.05) is 18.2 Å². The predicted molar refractivity (Wildman–Crippen MR) is 160 cm³/mol. The Morgan fingerprint density at radius 3 is 2.54 bits per heavy atom. The number of thiazole rings is 1. The molecule has 5 aromatic rings. The van der Waals surface area contributed by atoms with Gasteiger partial charge in [-0.15, -0.1) is 11.3 Å². The number of nitrogens with one attached hydrogen (secondary N) is 2. The lowest BCUT2D eigenvalue weighted by molar-refractivity contribution is -0.0601. The number of rotatable bonds is 7. The van der Waals surface area contributed by atoms with Crippen LogP contribution in [0.1, 0.15) is 50.4 Å². The fourth-order valence-electron chi connectivity index (χ4n) is 5.62. The molecular formula is C30H34N6O4S. The van der Waals surface area contributed by atoms with Gasteiger partial charge in [0.2, 0.25) is 5.95 Å². The number of para-hydroxylation sites is 1. The first-order valence-corrected chi connectivity index (χ1v) is 14.5. The van der Waals surface area contributed by atoms with Crippen LogP contribution in [0.3, 0.4) is 0 Å². The topological polar surface area (TPSA) is 149 Å². The Bertz CT molecular complexity index is 1690. The van der Waals surface area contributed by atoms with Gasteiger partial charge in [0, 0.05) is 17.5 Å². The second-order valence-corrected chi connectivity index (χ2v) is 12.4. The van der Waals surface area contributed by atoms with Gasteiger partial charge in [0.25, 0.3) is 0 Å². The van der Waals surface area contributed by atoms with Crippen LogP contribution in [-0.4, -0.2) is 59.1 Å². The van der Waals surface area contributed by atoms with Gasteiger partial charge in [0.1, 0.15) is 33.8 Å². The zero-order valence-corrected chi connectivity index (χ0v) is 24.4.